The van der Waals surface area contributed by atoms with Crippen LogP contribution in [0.5, 0.6) is 5.75 Å². The number of thiophene rings is 1. The lowest BCUT2D eigenvalue weighted by Gasteiger charge is -2.10. The Morgan fingerprint density at radius 1 is 1.23 bits per heavy atom. The van der Waals surface area contributed by atoms with Crippen molar-refractivity contribution in [3.63, 3.8) is 0 Å². The highest BCUT2D eigenvalue weighted by atomic mass is 32.1. The molecule has 1 aromatic heterocycles. The van der Waals surface area contributed by atoms with Gasteiger partial charge in [-0.3, -0.25) is 4.79 Å². The van der Waals surface area contributed by atoms with Crippen LogP contribution in [0.25, 0.3) is 0 Å². The number of hydrogen-bond acceptors (Lipinski definition) is 4. The van der Waals surface area contributed by atoms with Crippen LogP contribution in [0.15, 0.2) is 24.3 Å². The van der Waals surface area contributed by atoms with Crippen molar-refractivity contribution in [1.82, 2.24) is 0 Å². The molecule has 0 fully saturated rings. The number of hydrogen-bond donors (Lipinski definition) is 2. The number of benzene rings is 1. The third kappa shape index (κ3) is 3.85. The normalized spacial score (nSPS) is 10.3. The molecule has 2 rings (SSSR count). The minimum atomic E-state index is -1.06. The number of aromatic carboxylic acids is 1. The van der Waals surface area contributed by atoms with Crippen LogP contribution in [0.3, 0.4) is 0 Å². The smallest absolute Gasteiger partial charge is 0.338 e. The number of ether oxygens (including phenoxy) is 1. The largest absolute Gasteiger partial charge is 0.483 e. The summed E-state index contributed by atoms with van der Waals surface area (Å²) in [6.45, 7) is 5.47. The molecule has 0 unspecified atom stereocenters. The third-order valence-electron chi connectivity index (χ3n) is 3.04. The Hall–Kier alpha value is -2.34. The van der Waals surface area contributed by atoms with Crippen molar-refractivity contribution in [1.29, 1.82) is 0 Å². The van der Waals surface area contributed by atoms with E-state index in [9.17, 15) is 9.59 Å². The molecule has 1 amide bonds. The summed E-state index contributed by atoms with van der Waals surface area (Å²) < 4.78 is 5.50. The van der Waals surface area contributed by atoms with E-state index in [0.29, 0.717) is 10.8 Å². The number of amides is 1. The fourth-order valence-corrected chi connectivity index (χ4v) is 2.85. The highest BCUT2D eigenvalue weighted by molar-refractivity contribution is 7.16. The highest BCUT2D eigenvalue weighted by Gasteiger charge is 2.16. The van der Waals surface area contributed by atoms with Gasteiger partial charge in [-0.25, -0.2) is 4.79 Å². The minimum Gasteiger partial charge on any atom is -0.483 e. The van der Waals surface area contributed by atoms with Gasteiger partial charge in [-0.1, -0.05) is 12.1 Å². The van der Waals surface area contributed by atoms with Crippen LogP contribution in [-0.2, 0) is 4.79 Å². The minimum absolute atomic E-state index is 0.0996. The van der Waals surface area contributed by atoms with Gasteiger partial charge in [0.2, 0.25) is 0 Å². The van der Waals surface area contributed by atoms with E-state index in [2.05, 4.69) is 5.32 Å². The van der Waals surface area contributed by atoms with Crippen molar-refractivity contribution in [2.75, 3.05) is 11.9 Å². The summed E-state index contributed by atoms with van der Waals surface area (Å²) in [5, 5.41) is 12.0. The van der Waals surface area contributed by atoms with Crippen LogP contribution in [0.2, 0.25) is 0 Å². The van der Waals surface area contributed by atoms with E-state index in [1.54, 1.807) is 6.92 Å². The number of carboxylic acid groups (broad SMARTS) is 1. The molecule has 0 aliphatic heterocycles. The maximum absolute atomic E-state index is 11.9. The number of nitrogens with one attached hydrogen (secondary N) is 1. The van der Waals surface area contributed by atoms with E-state index in [0.717, 1.165) is 16.0 Å². The lowest BCUT2D eigenvalue weighted by Crippen LogP contribution is -2.21. The molecular weight excluding hydrogens is 302 g/mol. The third-order valence-corrected chi connectivity index (χ3v) is 4.01. The fourth-order valence-electron chi connectivity index (χ4n) is 1.93. The second-order valence-corrected chi connectivity index (χ2v) is 6.27. The number of anilines is 1. The first-order valence-electron chi connectivity index (χ1n) is 6.70. The fraction of sp³-hybridized carbons (Fsp3) is 0.250. The van der Waals surface area contributed by atoms with Gasteiger partial charge in [0, 0.05) is 4.88 Å². The highest BCUT2D eigenvalue weighted by Crippen LogP contribution is 2.27. The second kappa shape index (κ2) is 6.62. The Morgan fingerprint density at radius 3 is 2.64 bits per heavy atom. The maximum atomic E-state index is 11.9. The van der Waals surface area contributed by atoms with E-state index in [4.69, 9.17) is 9.84 Å². The molecule has 0 atom stereocenters. The molecule has 6 heteroatoms. The average Bonchev–Trinajstić information content (AvgIpc) is 2.81. The van der Waals surface area contributed by atoms with E-state index >= 15 is 0 Å². The second-order valence-electron chi connectivity index (χ2n) is 5.01. The quantitative estimate of drug-likeness (QED) is 0.886. The zero-order valence-corrected chi connectivity index (χ0v) is 13.4. The molecule has 2 aromatic rings. The first-order valence-corrected chi connectivity index (χ1v) is 7.52. The molecule has 0 saturated heterocycles. The summed E-state index contributed by atoms with van der Waals surface area (Å²) >= 11 is 1.23. The molecule has 1 heterocycles. The van der Waals surface area contributed by atoms with Crippen LogP contribution in [0.1, 0.15) is 26.4 Å². The molecule has 22 heavy (non-hydrogen) atoms. The summed E-state index contributed by atoms with van der Waals surface area (Å²) in [7, 11) is 0. The van der Waals surface area contributed by atoms with Crippen LogP contribution >= 0.6 is 11.3 Å². The van der Waals surface area contributed by atoms with Gasteiger partial charge in [0.25, 0.3) is 5.91 Å². The zero-order valence-electron chi connectivity index (χ0n) is 12.6. The van der Waals surface area contributed by atoms with Gasteiger partial charge in [-0.2, -0.15) is 0 Å². The van der Waals surface area contributed by atoms with Gasteiger partial charge < -0.3 is 15.2 Å². The maximum Gasteiger partial charge on any atom is 0.338 e. The molecule has 0 saturated carbocycles. The van der Waals surface area contributed by atoms with Crippen LogP contribution in [-0.4, -0.2) is 23.6 Å². The molecule has 2 N–H and O–H groups in total. The van der Waals surface area contributed by atoms with E-state index in [1.807, 2.05) is 32.0 Å². The molecule has 0 aliphatic rings. The van der Waals surface area contributed by atoms with Gasteiger partial charge >= 0.3 is 5.97 Å². The molecule has 5 nitrogen and oxygen atoms in total. The predicted octanol–water partition coefficient (Wildman–Crippen LogP) is 3.39. The Kier molecular flexibility index (Phi) is 4.82. The molecule has 1 aromatic carbocycles. The van der Waals surface area contributed by atoms with Gasteiger partial charge in [-0.05, 0) is 44.0 Å². The van der Waals surface area contributed by atoms with Crippen molar-refractivity contribution in [2.45, 2.75) is 20.8 Å². The monoisotopic (exact) mass is 319 g/mol. The topological polar surface area (TPSA) is 75.6 Å². The summed E-state index contributed by atoms with van der Waals surface area (Å²) in [5.74, 6) is -0.795. The number of carboxylic acids is 1. The van der Waals surface area contributed by atoms with Crippen molar-refractivity contribution in [3.8, 4) is 5.75 Å². The molecule has 0 bridgehead atoms. The SMILES string of the molecule is Cc1ccc(C)c(OCC(=O)Nc2sc(C)cc2C(=O)O)c1. The zero-order chi connectivity index (χ0) is 16.3. The first kappa shape index (κ1) is 16.0. The molecule has 0 spiro atoms. The number of carbonyl (C=O) groups excluding carboxylic acids is 1. The van der Waals surface area contributed by atoms with Crippen molar-refractivity contribution < 1.29 is 19.4 Å². The van der Waals surface area contributed by atoms with Gasteiger partial charge in [0.1, 0.15) is 10.8 Å². The van der Waals surface area contributed by atoms with Crippen molar-refractivity contribution in [3.05, 3.63) is 45.8 Å². The van der Waals surface area contributed by atoms with Gasteiger partial charge in [-0.15, -0.1) is 11.3 Å². The summed E-state index contributed by atoms with van der Waals surface area (Å²) in [5.41, 5.74) is 2.09. The Balaban J connectivity index is 2.02. The lowest BCUT2D eigenvalue weighted by molar-refractivity contribution is -0.118. The van der Waals surface area contributed by atoms with Crippen molar-refractivity contribution >= 4 is 28.2 Å². The number of aryl methyl sites for hydroxylation is 3. The number of carbonyl (C=O) groups is 2. The van der Waals surface area contributed by atoms with Gasteiger partial charge in [0.05, 0.1) is 5.56 Å². The molecular formula is C16H17NO4S. The summed E-state index contributed by atoms with van der Waals surface area (Å²) in [4.78, 5) is 23.9. The molecule has 116 valence electrons. The van der Waals surface area contributed by atoms with E-state index in [-0.39, 0.29) is 18.1 Å². The lowest BCUT2D eigenvalue weighted by atomic mass is 10.1. The average molecular weight is 319 g/mol. The van der Waals surface area contributed by atoms with E-state index in [1.165, 1.54) is 17.4 Å². The summed E-state index contributed by atoms with van der Waals surface area (Å²) in [6.07, 6.45) is 0. The van der Waals surface area contributed by atoms with Crippen LogP contribution in [0.4, 0.5) is 5.00 Å². The molecule has 0 aliphatic carbocycles. The van der Waals surface area contributed by atoms with E-state index < -0.39 is 5.97 Å². The summed E-state index contributed by atoms with van der Waals surface area (Å²) in [6, 6.07) is 7.29. The standard InChI is InChI=1S/C16H17NO4S/c1-9-4-5-10(2)13(6-9)21-8-14(18)17-15-12(16(19)20)7-11(3)22-15/h4-7H,8H2,1-3H3,(H,17,18)(H,19,20). The van der Waals surface area contributed by atoms with Gasteiger partial charge in [0.15, 0.2) is 6.61 Å². The Labute approximate surface area is 132 Å². The first-order chi connectivity index (χ1) is 10.4. The van der Waals surface area contributed by atoms with Crippen LogP contribution in [0, 0.1) is 20.8 Å². The molecule has 0 radical (unpaired) electrons. The van der Waals surface area contributed by atoms with Crippen molar-refractivity contribution in [2.24, 2.45) is 0 Å². The predicted molar refractivity (Wildman–Crippen MR) is 86.1 cm³/mol. The Bertz CT molecular complexity index is 721. The Morgan fingerprint density at radius 2 is 1.95 bits per heavy atom. The van der Waals surface area contributed by atoms with Crippen LogP contribution < -0.4 is 10.1 Å². The number of rotatable bonds is 5.